The molecule has 0 atom stereocenters. The Hall–Kier alpha value is -1.11. The Kier molecular flexibility index (Phi) is 5.39. The lowest BCUT2D eigenvalue weighted by Crippen LogP contribution is -2.29. The number of ether oxygens (including phenoxy) is 1. The fourth-order valence-electron chi connectivity index (χ4n) is 1.77. The first kappa shape index (κ1) is 15.3. The molecule has 1 aromatic rings. The maximum Gasteiger partial charge on any atom is 0.293 e. The Balaban J connectivity index is 2.09. The van der Waals surface area contributed by atoms with E-state index in [1.807, 2.05) is 24.3 Å². The van der Waals surface area contributed by atoms with Crippen LogP contribution in [0.4, 0.5) is 4.79 Å². The number of hydrogen-bond donors (Lipinski definition) is 0. The second-order valence-corrected chi connectivity index (χ2v) is 6.14. The van der Waals surface area contributed by atoms with Crippen LogP contribution in [0, 0.1) is 0 Å². The van der Waals surface area contributed by atoms with Gasteiger partial charge in [0.25, 0.3) is 11.1 Å². The Morgan fingerprint density at radius 1 is 1.30 bits per heavy atom. The number of amides is 2. The molecule has 2 amide bonds. The third kappa shape index (κ3) is 3.71. The summed E-state index contributed by atoms with van der Waals surface area (Å²) < 4.78 is 5.91. The molecule has 6 heteroatoms. The van der Waals surface area contributed by atoms with E-state index in [4.69, 9.17) is 4.74 Å². The molecule has 1 aliphatic rings. The van der Waals surface area contributed by atoms with Crippen molar-refractivity contribution in [3.8, 4) is 0 Å². The topological polar surface area (TPSA) is 46.6 Å². The molecule has 0 aliphatic carbocycles. The SMILES string of the molecule is COCCCN1C(=O)S/C(=C/c2ccc(Br)cc2)C1=O. The van der Waals surface area contributed by atoms with E-state index >= 15 is 0 Å². The average Bonchev–Trinajstić information content (AvgIpc) is 2.69. The third-order valence-corrected chi connectivity index (χ3v) is 4.21. The van der Waals surface area contributed by atoms with Crippen molar-refractivity contribution in [2.24, 2.45) is 0 Å². The number of benzene rings is 1. The van der Waals surface area contributed by atoms with Crippen LogP contribution in [0.2, 0.25) is 0 Å². The number of methoxy groups -OCH3 is 1. The lowest BCUT2D eigenvalue weighted by atomic mass is 10.2. The van der Waals surface area contributed by atoms with Crippen LogP contribution in [-0.4, -0.2) is 36.3 Å². The molecule has 0 spiro atoms. The summed E-state index contributed by atoms with van der Waals surface area (Å²) in [7, 11) is 1.60. The monoisotopic (exact) mass is 355 g/mol. The van der Waals surface area contributed by atoms with E-state index in [0.717, 1.165) is 21.8 Å². The summed E-state index contributed by atoms with van der Waals surface area (Å²) in [4.78, 5) is 25.7. The van der Waals surface area contributed by atoms with Crippen molar-refractivity contribution in [2.75, 3.05) is 20.3 Å². The number of halogens is 1. The predicted molar refractivity (Wildman–Crippen MR) is 83.3 cm³/mol. The third-order valence-electron chi connectivity index (χ3n) is 2.77. The second kappa shape index (κ2) is 7.06. The highest BCUT2D eigenvalue weighted by atomic mass is 79.9. The fourth-order valence-corrected chi connectivity index (χ4v) is 2.90. The standard InChI is InChI=1S/C14H14BrNO3S/c1-19-8-2-7-16-13(17)12(20-14(16)18)9-10-3-5-11(15)6-4-10/h3-6,9H,2,7-8H2,1H3/b12-9+. The van der Waals surface area contributed by atoms with Crippen molar-refractivity contribution in [1.82, 2.24) is 4.90 Å². The predicted octanol–water partition coefficient (Wildman–Crippen LogP) is 3.52. The maximum absolute atomic E-state index is 12.1. The van der Waals surface area contributed by atoms with Crippen LogP contribution in [0.25, 0.3) is 6.08 Å². The Morgan fingerprint density at radius 2 is 2.00 bits per heavy atom. The highest BCUT2D eigenvalue weighted by molar-refractivity contribution is 9.10. The molecular formula is C14H14BrNO3S. The Bertz CT molecular complexity index is 542. The van der Waals surface area contributed by atoms with Crippen LogP contribution in [-0.2, 0) is 9.53 Å². The van der Waals surface area contributed by atoms with Crippen molar-refractivity contribution in [3.63, 3.8) is 0 Å². The molecule has 20 heavy (non-hydrogen) atoms. The molecule has 106 valence electrons. The molecule has 2 rings (SSSR count). The van der Waals surface area contributed by atoms with Crippen molar-refractivity contribution in [2.45, 2.75) is 6.42 Å². The molecule has 0 radical (unpaired) electrons. The highest BCUT2D eigenvalue weighted by Gasteiger charge is 2.34. The van der Waals surface area contributed by atoms with Gasteiger partial charge >= 0.3 is 0 Å². The van der Waals surface area contributed by atoms with Gasteiger partial charge in [-0.3, -0.25) is 14.5 Å². The van der Waals surface area contributed by atoms with E-state index in [-0.39, 0.29) is 11.1 Å². The van der Waals surface area contributed by atoms with Gasteiger partial charge in [-0.15, -0.1) is 0 Å². The van der Waals surface area contributed by atoms with Gasteiger partial charge in [-0.1, -0.05) is 28.1 Å². The van der Waals surface area contributed by atoms with Crippen molar-refractivity contribution < 1.29 is 14.3 Å². The zero-order valence-corrected chi connectivity index (χ0v) is 13.4. The van der Waals surface area contributed by atoms with Crippen molar-refractivity contribution in [1.29, 1.82) is 0 Å². The molecule has 0 N–H and O–H groups in total. The van der Waals surface area contributed by atoms with E-state index in [0.29, 0.717) is 24.5 Å². The second-order valence-electron chi connectivity index (χ2n) is 4.23. The summed E-state index contributed by atoms with van der Waals surface area (Å²) in [5, 5.41) is -0.213. The minimum absolute atomic E-state index is 0.213. The van der Waals surface area contributed by atoms with Crippen LogP contribution in [0.15, 0.2) is 33.6 Å². The van der Waals surface area contributed by atoms with E-state index in [2.05, 4.69) is 15.9 Å². The number of carbonyl (C=O) groups is 2. The van der Waals surface area contributed by atoms with Crippen LogP contribution in [0.1, 0.15) is 12.0 Å². The smallest absolute Gasteiger partial charge is 0.293 e. The van der Waals surface area contributed by atoms with Gasteiger partial charge in [0, 0.05) is 24.7 Å². The average molecular weight is 356 g/mol. The van der Waals surface area contributed by atoms with Crippen LogP contribution < -0.4 is 0 Å². The summed E-state index contributed by atoms with van der Waals surface area (Å²) >= 11 is 4.34. The number of nitrogens with zero attached hydrogens (tertiary/aromatic N) is 1. The summed E-state index contributed by atoms with van der Waals surface area (Å²) in [6, 6.07) is 7.58. The molecule has 1 aromatic carbocycles. The zero-order chi connectivity index (χ0) is 14.5. The van der Waals surface area contributed by atoms with E-state index in [1.165, 1.54) is 4.90 Å². The zero-order valence-electron chi connectivity index (χ0n) is 11.0. The van der Waals surface area contributed by atoms with Crippen LogP contribution >= 0.6 is 27.7 Å². The lowest BCUT2D eigenvalue weighted by Gasteiger charge is -2.11. The molecule has 0 unspecified atom stereocenters. The first-order chi connectivity index (χ1) is 9.61. The van der Waals surface area contributed by atoms with E-state index in [1.54, 1.807) is 13.2 Å². The van der Waals surface area contributed by atoms with Gasteiger partial charge < -0.3 is 4.74 Å². The van der Waals surface area contributed by atoms with E-state index < -0.39 is 0 Å². The minimum Gasteiger partial charge on any atom is -0.385 e. The summed E-state index contributed by atoms with van der Waals surface area (Å²) in [6.07, 6.45) is 2.40. The van der Waals surface area contributed by atoms with Gasteiger partial charge in [-0.25, -0.2) is 0 Å². The van der Waals surface area contributed by atoms with Crippen molar-refractivity contribution >= 4 is 44.9 Å². The lowest BCUT2D eigenvalue weighted by molar-refractivity contribution is -0.122. The molecule has 0 bridgehead atoms. The molecule has 0 aromatic heterocycles. The number of imide groups is 1. The molecule has 4 nitrogen and oxygen atoms in total. The van der Waals surface area contributed by atoms with Crippen molar-refractivity contribution in [3.05, 3.63) is 39.2 Å². The van der Waals surface area contributed by atoms with Gasteiger partial charge in [-0.2, -0.15) is 0 Å². The van der Waals surface area contributed by atoms with Gasteiger partial charge in [-0.05, 0) is 42.0 Å². The first-order valence-electron chi connectivity index (χ1n) is 6.11. The van der Waals surface area contributed by atoms with Gasteiger partial charge in [0.15, 0.2) is 0 Å². The van der Waals surface area contributed by atoms with Gasteiger partial charge in [0.1, 0.15) is 0 Å². The van der Waals surface area contributed by atoms with Crippen LogP contribution in [0.5, 0.6) is 0 Å². The normalized spacial score (nSPS) is 17.3. The fraction of sp³-hybridized carbons (Fsp3) is 0.286. The molecule has 1 fully saturated rings. The molecule has 1 heterocycles. The van der Waals surface area contributed by atoms with E-state index in [9.17, 15) is 9.59 Å². The summed E-state index contributed by atoms with van der Waals surface area (Å²) in [6.45, 7) is 0.934. The molecule has 1 aliphatic heterocycles. The largest absolute Gasteiger partial charge is 0.385 e. The summed E-state index contributed by atoms with van der Waals surface area (Å²) in [5.41, 5.74) is 0.899. The number of thioether (sulfide) groups is 1. The minimum atomic E-state index is -0.223. The highest BCUT2D eigenvalue weighted by Crippen LogP contribution is 2.32. The number of hydrogen-bond acceptors (Lipinski definition) is 4. The summed E-state index contributed by atoms with van der Waals surface area (Å²) in [5.74, 6) is -0.223. The number of rotatable bonds is 5. The number of carbonyl (C=O) groups excluding carboxylic acids is 2. The van der Waals surface area contributed by atoms with Gasteiger partial charge in [0.05, 0.1) is 4.91 Å². The van der Waals surface area contributed by atoms with Crippen LogP contribution in [0.3, 0.4) is 0 Å². The molecule has 1 saturated heterocycles. The Labute approximate surface area is 130 Å². The quantitative estimate of drug-likeness (QED) is 0.598. The first-order valence-corrected chi connectivity index (χ1v) is 7.72. The molecule has 0 saturated carbocycles. The maximum atomic E-state index is 12.1. The Morgan fingerprint density at radius 3 is 2.65 bits per heavy atom. The van der Waals surface area contributed by atoms with Gasteiger partial charge in [0.2, 0.25) is 0 Å². The molecular weight excluding hydrogens is 342 g/mol.